The van der Waals surface area contributed by atoms with Gasteiger partial charge in [0.25, 0.3) is 0 Å². The molecule has 0 radical (unpaired) electrons. The topological polar surface area (TPSA) is 60.7 Å². The van der Waals surface area contributed by atoms with Crippen LogP contribution in [0.4, 0.5) is 0 Å². The van der Waals surface area contributed by atoms with Crippen LogP contribution in [0.15, 0.2) is 12.1 Å². The zero-order chi connectivity index (χ0) is 10.0. The van der Waals surface area contributed by atoms with Gasteiger partial charge < -0.3 is 15.3 Å². The maximum atomic E-state index is 9.43. The van der Waals surface area contributed by atoms with E-state index >= 15 is 0 Å². The van der Waals surface area contributed by atoms with Gasteiger partial charge in [0.2, 0.25) is 0 Å². The average molecular weight is 247 g/mol. The van der Waals surface area contributed by atoms with E-state index in [1.807, 2.05) is 6.92 Å². The average Bonchev–Trinajstić information content (AvgIpc) is 2.02. The number of halogens is 1. The van der Waals surface area contributed by atoms with Crippen LogP contribution in [0.2, 0.25) is 0 Å². The predicted octanol–water partition coefficient (Wildman–Crippen LogP) is 2.30. The summed E-state index contributed by atoms with van der Waals surface area (Å²) in [6, 6.07) is 2.43. The lowest BCUT2D eigenvalue weighted by molar-refractivity contribution is 0.416. The Morgan fingerprint density at radius 3 is 2.08 bits per heavy atom. The summed E-state index contributed by atoms with van der Waals surface area (Å²) in [5, 5.41) is 28.5. The summed E-state index contributed by atoms with van der Waals surface area (Å²) < 4.78 is 0. The fraction of sp³-hybridized carbons (Fsp3) is 0.333. The van der Waals surface area contributed by atoms with E-state index in [0.29, 0.717) is 10.9 Å². The molecular formula is C9H11BrO3. The Hall–Kier alpha value is -0.900. The predicted molar refractivity (Wildman–Crippen MR) is 53.6 cm³/mol. The van der Waals surface area contributed by atoms with Crippen molar-refractivity contribution >= 4 is 15.9 Å². The second-order valence-electron chi connectivity index (χ2n) is 2.95. The Labute approximate surface area is 84.8 Å². The number of aromatic hydroxyl groups is 3. The summed E-state index contributed by atoms with van der Waals surface area (Å²) in [5.41, 5.74) is 0.453. The van der Waals surface area contributed by atoms with E-state index in [9.17, 15) is 10.2 Å². The van der Waals surface area contributed by atoms with Crippen LogP contribution < -0.4 is 0 Å². The molecule has 1 rings (SSSR count). The summed E-state index contributed by atoms with van der Waals surface area (Å²) in [7, 11) is 0. The van der Waals surface area contributed by atoms with Crippen LogP contribution in [0.5, 0.6) is 17.2 Å². The molecule has 3 nitrogen and oxygen atoms in total. The van der Waals surface area contributed by atoms with Crippen molar-refractivity contribution in [2.24, 2.45) is 0 Å². The van der Waals surface area contributed by atoms with Crippen molar-refractivity contribution in [1.82, 2.24) is 0 Å². The number of alkyl halides is 1. The summed E-state index contributed by atoms with van der Waals surface area (Å²) in [5.74, 6) is -0.296. The molecule has 0 bridgehead atoms. The van der Waals surface area contributed by atoms with Gasteiger partial charge in [-0.15, -0.1) is 0 Å². The van der Waals surface area contributed by atoms with Crippen molar-refractivity contribution < 1.29 is 15.3 Å². The number of hydrogen-bond donors (Lipinski definition) is 3. The molecule has 0 aliphatic heterocycles. The second-order valence-corrected chi connectivity index (χ2v) is 3.60. The van der Waals surface area contributed by atoms with Crippen LogP contribution in [0.3, 0.4) is 0 Å². The zero-order valence-corrected chi connectivity index (χ0v) is 8.74. The van der Waals surface area contributed by atoms with Gasteiger partial charge in [0.15, 0.2) is 0 Å². The molecular weight excluding hydrogens is 236 g/mol. The first-order valence-corrected chi connectivity index (χ1v) is 4.99. The molecule has 0 aliphatic rings. The van der Waals surface area contributed by atoms with Crippen LogP contribution >= 0.6 is 15.9 Å². The van der Waals surface area contributed by atoms with E-state index < -0.39 is 0 Å². The Balaban J connectivity index is 3.20. The van der Waals surface area contributed by atoms with Gasteiger partial charge in [0.1, 0.15) is 17.2 Å². The first-order valence-electron chi connectivity index (χ1n) is 3.87. The number of rotatable bonds is 2. The highest BCUT2D eigenvalue weighted by Crippen LogP contribution is 2.37. The van der Waals surface area contributed by atoms with Crippen molar-refractivity contribution in [3.63, 3.8) is 0 Å². The molecule has 0 aromatic heterocycles. The van der Waals surface area contributed by atoms with Crippen LogP contribution in [0.25, 0.3) is 0 Å². The van der Waals surface area contributed by atoms with Gasteiger partial charge in [-0.1, -0.05) is 22.9 Å². The van der Waals surface area contributed by atoms with Gasteiger partial charge in [-0.3, -0.25) is 0 Å². The minimum absolute atomic E-state index is 0.000556. The van der Waals surface area contributed by atoms with E-state index in [1.54, 1.807) is 0 Å². The quantitative estimate of drug-likeness (QED) is 0.702. The van der Waals surface area contributed by atoms with E-state index in [0.717, 1.165) is 0 Å². The highest BCUT2D eigenvalue weighted by Gasteiger charge is 2.15. The Morgan fingerprint density at radius 2 is 1.69 bits per heavy atom. The Morgan fingerprint density at radius 1 is 1.23 bits per heavy atom. The molecule has 72 valence electrons. The molecule has 13 heavy (non-hydrogen) atoms. The molecule has 0 heterocycles. The van der Waals surface area contributed by atoms with Crippen molar-refractivity contribution in [2.45, 2.75) is 12.8 Å². The Kier molecular flexibility index (Phi) is 3.03. The molecule has 1 atom stereocenters. The van der Waals surface area contributed by atoms with E-state index in [1.165, 1.54) is 12.1 Å². The SMILES string of the molecule is CC(CBr)c1c(O)cc(O)cc1O. The van der Waals surface area contributed by atoms with E-state index in [-0.39, 0.29) is 23.2 Å². The van der Waals surface area contributed by atoms with Crippen molar-refractivity contribution in [3.8, 4) is 17.2 Å². The smallest absolute Gasteiger partial charge is 0.126 e. The molecule has 0 saturated heterocycles. The fourth-order valence-corrected chi connectivity index (χ4v) is 1.51. The van der Waals surface area contributed by atoms with Gasteiger partial charge in [-0.05, 0) is 5.92 Å². The van der Waals surface area contributed by atoms with Gasteiger partial charge in [0, 0.05) is 23.0 Å². The van der Waals surface area contributed by atoms with Crippen LogP contribution in [-0.4, -0.2) is 20.6 Å². The van der Waals surface area contributed by atoms with Gasteiger partial charge in [0.05, 0.1) is 0 Å². The fourth-order valence-electron chi connectivity index (χ4n) is 1.19. The molecule has 1 aromatic carbocycles. The maximum Gasteiger partial charge on any atom is 0.126 e. The van der Waals surface area contributed by atoms with Crippen LogP contribution in [0.1, 0.15) is 18.4 Å². The number of phenolic OH excluding ortho intramolecular Hbond substituents is 3. The van der Waals surface area contributed by atoms with E-state index in [2.05, 4.69) is 15.9 Å². The van der Waals surface area contributed by atoms with Crippen LogP contribution in [0, 0.1) is 0 Å². The third-order valence-electron chi connectivity index (χ3n) is 1.85. The number of phenols is 3. The largest absolute Gasteiger partial charge is 0.508 e. The first kappa shape index (κ1) is 10.2. The molecule has 1 aromatic rings. The minimum Gasteiger partial charge on any atom is -0.508 e. The Bertz CT molecular complexity index is 289. The lowest BCUT2D eigenvalue weighted by Gasteiger charge is -2.12. The molecule has 0 fully saturated rings. The summed E-state index contributed by atoms with van der Waals surface area (Å²) in [4.78, 5) is 0. The number of benzene rings is 1. The van der Waals surface area contributed by atoms with Crippen molar-refractivity contribution in [1.29, 1.82) is 0 Å². The normalized spacial score (nSPS) is 12.8. The van der Waals surface area contributed by atoms with Gasteiger partial charge in [-0.2, -0.15) is 0 Å². The lowest BCUT2D eigenvalue weighted by Crippen LogP contribution is -1.95. The minimum atomic E-state index is -0.138. The zero-order valence-electron chi connectivity index (χ0n) is 7.16. The van der Waals surface area contributed by atoms with E-state index in [4.69, 9.17) is 5.11 Å². The van der Waals surface area contributed by atoms with Crippen LogP contribution in [-0.2, 0) is 0 Å². The summed E-state index contributed by atoms with van der Waals surface area (Å²) in [6.45, 7) is 1.86. The van der Waals surface area contributed by atoms with Crippen molar-refractivity contribution in [3.05, 3.63) is 17.7 Å². The summed E-state index contributed by atoms with van der Waals surface area (Å²) in [6.07, 6.45) is 0. The molecule has 0 aliphatic carbocycles. The highest BCUT2D eigenvalue weighted by atomic mass is 79.9. The summed E-state index contributed by atoms with van der Waals surface area (Å²) >= 11 is 3.25. The molecule has 0 spiro atoms. The highest BCUT2D eigenvalue weighted by molar-refractivity contribution is 9.09. The lowest BCUT2D eigenvalue weighted by atomic mass is 10.0. The molecule has 0 saturated carbocycles. The van der Waals surface area contributed by atoms with Gasteiger partial charge >= 0.3 is 0 Å². The third kappa shape index (κ3) is 2.06. The monoisotopic (exact) mass is 246 g/mol. The molecule has 4 heteroatoms. The maximum absolute atomic E-state index is 9.43. The third-order valence-corrected chi connectivity index (χ3v) is 2.82. The first-order chi connectivity index (χ1) is 6.06. The second kappa shape index (κ2) is 3.87. The van der Waals surface area contributed by atoms with Gasteiger partial charge in [-0.25, -0.2) is 0 Å². The molecule has 0 amide bonds. The number of hydrogen-bond acceptors (Lipinski definition) is 3. The molecule has 1 unspecified atom stereocenters. The van der Waals surface area contributed by atoms with Crippen molar-refractivity contribution in [2.75, 3.05) is 5.33 Å². The molecule has 3 N–H and O–H groups in total. The standard InChI is InChI=1S/C9H11BrO3/c1-5(4-10)9-7(12)2-6(11)3-8(9)13/h2-3,5,11-13H,4H2,1H3.